The maximum Gasteiger partial charge on any atom is 0.326 e. The first-order valence-corrected chi connectivity index (χ1v) is 40.5. The number of aliphatic carboxylic acids is 2. The number of nitrogens with two attached hydrogens (primary N) is 4. The molecule has 2 aromatic heterocycles. The standard InChI is InChI=1S/C76H129N23O22/c1-14-39(10)59(69(113)84-32-54(104)88-47(25-43-29-81-34-85-43)66(110)93-56(36(4)5)70(114)91-50(28-55(105)106)65(109)92-51(33-100)64(108)83-31-53(103)87-46(76(120)121)22-18-20-24-78)98-72(116)58(38(8)9)94-71(115)57(37(6)7)95-74(118)61(41(12)16-3)97-68(112)49(27-52(80)102)90-73(117)60(40(11)15-2)96-67(111)48(26-44-30-82-35-86-44)89-75(119)62(42(13)101)99-63(107)45(79)21-17-19-23-77/h29-30,34-42,45-51,56-62,100-101H,14-28,31-33,77-79H2,1-13H3,(H2,80,102)(H,81,85)(H,82,86)(H,83,108)(H,84,113)(H,87,103)(H,88,104)(H,89,119)(H,90,117)(H,91,114)(H,92,109)(H,93,110)(H,94,115)(H,95,118)(H,96,111)(H,97,112)(H,98,116)(H,99,107)(H,105,106)(H,120,121)/t39-,40-,41-,42+,45-,46-,47-,48-,49-,50-,51-,56-,57-,58-,59-,60-,61-,62-/m0/s1. The summed E-state index contributed by atoms with van der Waals surface area (Å²) in [5, 5.41) is 76.7. The molecule has 2 heterocycles. The second-order valence-corrected chi connectivity index (χ2v) is 31.0. The van der Waals surface area contributed by atoms with E-state index >= 15 is 0 Å². The molecule has 0 unspecified atom stereocenters. The Hall–Kier alpha value is -11.3. The minimum atomic E-state index is -1.97. The predicted octanol–water partition coefficient (Wildman–Crippen LogP) is -7.05. The van der Waals surface area contributed by atoms with E-state index in [1.807, 2.05) is 0 Å². The third-order valence-corrected chi connectivity index (χ3v) is 20.0. The van der Waals surface area contributed by atoms with Gasteiger partial charge >= 0.3 is 11.9 Å². The van der Waals surface area contributed by atoms with Crippen LogP contribution in [0.1, 0.15) is 172 Å². The number of unbranched alkanes of at least 4 members (excludes halogenated alkanes) is 2. The van der Waals surface area contributed by atoms with Crippen molar-refractivity contribution in [3.8, 4) is 0 Å². The zero-order valence-electron chi connectivity index (χ0n) is 71.0. The van der Waals surface area contributed by atoms with Crippen LogP contribution in [0.5, 0.6) is 0 Å². The second kappa shape index (κ2) is 54.1. The van der Waals surface area contributed by atoms with Gasteiger partial charge in [0.1, 0.15) is 78.5 Å². The number of H-pyrrole nitrogens is 2. The minimum Gasteiger partial charge on any atom is -0.481 e. The van der Waals surface area contributed by atoms with E-state index in [9.17, 15) is 107 Å². The van der Waals surface area contributed by atoms with Gasteiger partial charge in [-0.25, -0.2) is 14.8 Å². The number of primary amides is 1. The molecule has 16 amide bonds. The highest BCUT2D eigenvalue weighted by Crippen LogP contribution is 2.17. The number of rotatable bonds is 58. The summed E-state index contributed by atoms with van der Waals surface area (Å²) in [6, 6.07) is -21.4. The number of carboxylic acids is 2. The second-order valence-electron chi connectivity index (χ2n) is 31.0. The summed E-state index contributed by atoms with van der Waals surface area (Å²) >= 11 is 0. The van der Waals surface area contributed by atoms with E-state index < -0.39 is 265 Å². The summed E-state index contributed by atoms with van der Waals surface area (Å²) in [6.45, 7) is 18.3. The molecule has 121 heavy (non-hydrogen) atoms. The van der Waals surface area contributed by atoms with Crippen LogP contribution in [0.15, 0.2) is 25.0 Å². The molecule has 0 saturated carbocycles. The Morgan fingerprint density at radius 2 is 0.719 bits per heavy atom. The van der Waals surface area contributed by atoms with Crippen molar-refractivity contribution in [3.05, 3.63) is 36.4 Å². The van der Waals surface area contributed by atoms with Crippen LogP contribution in [0, 0.1) is 35.5 Å². The highest BCUT2D eigenvalue weighted by Gasteiger charge is 2.41. The Morgan fingerprint density at radius 3 is 1.12 bits per heavy atom. The lowest BCUT2D eigenvalue weighted by molar-refractivity contribution is -0.142. The molecule has 680 valence electrons. The number of nitrogens with zero attached hydrogens (tertiary/aromatic N) is 2. The van der Waals surface area contributed by atoms with Crippen LogP contribution in [0.3, 0.4) is 0 Å². The number of carbonyl (C=O) groups is 18. The molecule has 0 spiro atoms. The molecule has 0 aliphatic carbocycles. The highest BCUT2D eigenvalue weighted by atomic mass is 16.4. The van der Waals surface area contributed by atoms with E-state index in [4.69, 9.17) is 22.9 Å². The number of hydrogen-bond donors (Lipinski definition) is 25. The summed E-state index contributed by atoms with van der Waals surface area (Å²) in [7, 11) is 0. The molecule has 0 aliphatic heterocycles. The van der Waals surface area contributed by atoms with Crippen LogP contribution >= 0.6 is 0 Å². The maximum atomic E-state index is 14.6. The van der Waals surface area contributed by atoms with Crippen molar-refractivity contribution < 1.29 is 107 Å². The van der Waals surface area contributed by atoms with E-state index in [1.165, 1.54) is 45.8 Å². The summed E-state index contributed by atoms with van der Waals surface area (Å²) in [5.41, 5.74) is 23.3. The van der Waals surface area contributed by atoms with Crippen molar-refractivity contribution in [1.82, 2.24) is 99.7 Å². The third kappa shape index (κ3) is 37.1. The van der Waals surface area contributed by atoms with Crippen molar-refractivity contribution in [1.29, 1.82) is 0 Å². The molecule has 2 aromatic rings. The van der Waals surface area contributed by atoms with Crippen LogP contribution in [0.2, 0.25) is 0 Å². The molecule has 0 fully saturated rings. The van der Waals surface area contributed by atoms with Gasteiger partial charge in [0.15, 0.2) is 0 Å². The first-order valence-electron chi connectivity index (χ1n) is 40.5. The molecule has 0 radical (unpaired) electrons. The molecular weight excluding hydrogens is 1590 g/mol. The SMILES string of the molecule is CC[C@H](C)[C@H](NC(=O)[C@H](Cc1cnc[nH]1)NC(=O)[C@@H](NC(=O)[C@@H](N)CCCCN)[C@@H](C)O)C(=O)N[C@@H](CC(N)=O)C(=O)N[C@H](C(=O)N[C@H](C(=O)N[C@H](C(=O)N[C@H](C(=O)NCC(=O)N[C@@H](Cc1cnc[nH]1)C(=O)N[C@H](C(=O)N[C@@H](CC(=O)O)C(=O)N[C@@H](CO)C(=O)NCC(=O)N[C@@H](CCCCN)C(=O)O)C(C)C)[C@@H](C)CC)C(C)C)C(C)C)[C@@H](C)CC. The van der Waals surface area contributed by atoms with Crippen LogP contribution in [0.25, 0.3) is 0 Å². The number of aliphatic hydroxyl groups excluding tert-OH is 2. The quantitative estimate of drug-likeness (QED) is 0.0274. The van der Waals surface area contributed by atoms with Gasteiger partial charge < -0.3 is 133 Å². The van der Waals surface area contributed by atoms with Crippen molar-refractivity contribution in [2.24, 2.45) is 58.4 Å². The Morgan fingerprint density at radius 1 is 0.388 bits per heavy atom. The zero-order valence-corrected chi connectivity index (χ0v) is 71.0. The Labute approximate surface area is 702 Å². The van der Waals surface area contributed by atoms with Gasteiger partial charge in [-0.05, 0) is 87.6 Å². The molecule has 0 aliphatic rings. The van der Waals surface area contributed by atoms with Gasteiger partial charge in [0.2, 0.25) is 94.5 Å². The molecule has 2 rings (SSSR count). The number of carbonyl (C=O) groups excluding carboxylic acids is 16. The van der Waals surface area contributed by atoms with E-state index in [0.29, 0.717) is 37.9 Å². The van der Waals surface area contributed by atoms with E-state index in [0.717, 1.165) is 0 Å². The Kier molecular flexibility index (Phi) is 47.2. The summed E-state index contributed by atoms with van der Waals surface area (Å²) in [5.74, 6) is -23.2. The first kappa shape index (κ1) is 106. The van der Waals surface area contributed by atoms with Crippen LogP contribution in [0.4, 0.5) is 0 Å². The lowest BCUT2D eigenvalue weighted by Crippen LogP contribution is -2.63. The molecule has 18 atom stereocenters. The van der Waals surface area contributed by atoms with Gasteiger partial charge in [-0.3, -0.25) is 81.5 Å². The minimum absolute atomic E-state index is 0.0256. The lowest BCUT2D eigenvalue weighted by Gasteiger charge is -2.32. The fourth-order valence-corrected chi connectivity index (χ4v) is 12.0. The van der Waals surface area contributed by atoms with Gasteiger partial charge in [-0.15, -0.1) is 0 Å². The van der Waals surface area contributed by atoms with Crippen LogP contribution in [-0.2, 0) is 99.1 Å². The van der Waals surface area contributed by atoms with Crippen LogP contribution in [-0.4, -0.2) is 270 Å². The lowest BCUT2D eigenvalue weighted by atomic mass is 9.94. The van der Waals surface area contributed by atoms with Crippen molar-refractivity contribution >= 4 is 106 Å². The average Bonchev–Trinajstić information content (AvgIpc) is 1.60. The number of imidazole rings is 2. The zero-order chi connectivity index (χ0) is 91.7. The van der Waals surface area contributed by atoms with Gasteiger partial charge in [0, 0.05) is 36.6 Å². The normalized spacial score (nSPS) is 15.8. The fourth-order valence-electron chi connectivity index (χ4n) is 12.0. The number of aliphatic hydroxyl groups is 2. The fraction of sp³-hybridized carbons (Fsp3) is 0.684. The molecule has 45 nitrogen and oxygen atoms in total. The van der Waals surface area contributed by atoms with Crippen molar-refractivity contribution in [3.63, 3.8) is 0 Å². The first-order chi connectivity index (χ1) is 56.9. The summed E-state index contributed by atoms with van der Waals surface area (Å²) < 4.78 is 0. The molecule has 45 heteroatoms. The number of nitrogens with one attached hydrogen (secondary N) is 17. The van der Waals surface area contributed by atoms with Crippen molar-refractivity contribution in [2.75, 3.05) is 32.8 Å². The van der Waals surface area contributed by atoms with Crippen molar-refractivity contribution in [2.45, 2.75) is 264 Å². The number of amides is 16. The van der Waals surface area contributed by atoms with E-state index in [2.05, 4.69) is 99.7 Å². The molecule has 0 saturated heterocycles. The highest BCUT2D eigenvalue weighted by molar-refractivity contribution is 6.01. The molecule has 0 aromatic carbocycles. The average molecular weight is 1720 g/mol. The smallest absolute Gasteiger partial charge is 0.326 e. The number of hydrogen-bond acceptors (Lipinski definition) is 25. The topological polar surface area (TPSA) is 730 Å². The van der Waals surface area contributed by atoms with Gasteiger partial charge in [-0.2, -0.15) is 0 Å². The summed E-state index contributed by atoms with van der Waals surface area (Å²) in [4.78, 5) is 259. The molecule has 29 N–H and O–H groups in total. The maximum absolute atomic E-state index is 14.6. The number of carboxylic acid groups (broad SMARTS) is 2. The van der Waals surface area contributed by atoms with Gasteiger partial charge in [0.05, 0.1) is 57.3 Å². The van der Waals surface area contributed by atoms with Gasteiger partial charge in [-0.1, -0.05) is 109 Å². The number of aromatic nitrogens is 4. The Balaban J connectivity index is 2.36. The largest absolute Gasteiger partial charge is 0.481 e. The molecule has 0 bridgehead atoms. The van der Waals surface area contributed by atoms with Gasteiger partial charge in [0.25, 0.3) is 0 Å². The third-order valence-electron chi connectivity index (χ3n) is 20.0. The predicted molar refractivity (Wildman–Crippen MR) is 435 cm³/mol. The summed E-state index contributed by atoms with van der Waals surface area (Å²) in [6.07, 6.45) is 4.19. The Bertz CT molecular complexity index is 3750. The number of aromatic amines is 2. The van der Waals surface area contributed by atoms with Crippen LogP contribution < -0.4 is 103 Å². The molecular formula is C76H129N23O22. The monoisotopic (exact) mass is 1720 g/mol. The van der Waals surface area contributed by atoms with E-state index in [1.54, 1.807) is 69.2 Å². The van der Waals surface area contributed by atoms with E-state index in [-0.39, 0.29) is 57.2 Å².